The lowest BCUT2D eigenvalue weighted by Gasteiger charge is -2.31. The summed E-state index contributed by atoms with van der Waals surface area (Å²) in [6.45, 7) is 0.111. The van der Waals surface area contributed by atoms with E-state index in [1.807, 2.05) is 30.3 Å². The topological polar surface area (TPSA) is 102 Å². The number of fused-ring (bicyclic) bond motifs is 1. The maximum absolute atomic E-state index is 12.9. The summed E-state index contributed by atoms with van der Waals surface area (Å²) in [5.74, 6) is -0.178. The number of primary amides is 1. The minimum absolute atomic E-state index is 0.111. The fourth-order valence-corrected chi connectivity index (χ4v) is 2.89. The predicted octanol–water partition coefficient (Wildman–Crippen LogP) is 0.945. The number of hydrogen-bond acceptors (Lipinski definition) is 5. The molecular weight excluding hydrogens is 336 g/mol. The molecule has 0 aromatic heterocycles. The van der Waals surface area contributed by atoms with E-state index in [-0.39, 0.29) is 19.1 Å². The van der Waals surface area contributed by atoms with Gasteiger partial charge in [-0.05, 0) is 30.2 Å². The Hall–Kier alpha value is -3.06. The Bertz CT molecular complexity index is 809. The molecule has 136 valence electrons. The quantitative estimate of drug-likeness (QED) is 0.802. The summed E-state index contributed by atoms with van der Waals surface area (Å²) in [6, 6.07) is 13.3. The number of carbonyl (C=O) groups is 2. The Balaban J connectivity index is 1.85. The third-order valence-electron chi connectivity index (χ3n) is 4.38. The third-order valence-corrected chi connectivity index (χ3v) is 4.38. The Morgan fingerprint density at radius 1 is 1.15 bits per heavy atom. The maximum atomic E-state index is 12.9. The second-order valence-corrected chi connectivity index (χ2v) is 6.09. The predicted molar refractivity (Wildman–Crippen MR) is 93.8 cm³/mol. The van der Waals surface area contributed by atoms with Gasteiger partial charge in [0.2, 0.25) is 12.7 Å². The summed E-state index contributed by atoms with van der Waals surface area (Å²) < 4.78 is 10.5. The number of rotatable bonds is 6. The van der Waals surface area contributed by atoms with Gasteiger partial charge in [-0.3, -0.25) is 9.59 Å². The van der Waals surface area contributed by atoms with Crippen molar-refractivity contribution in [2.24, 2.45) is 5.73 Å². The van der Waals surface area contributed by atoms with Crippen molar-refractivity contribution < 1.29 is 24.2 Å². The highest BCUT2D eigenvalue weighted by atomic mass is 16.7. The fourth-order valence-electron chi connectivity index (χ4n) is 2.89. The van der Waals surface area contributed by atoms with E-state index in [0.717, 1.165) is 5.56 Å². The van der Waals surface area contributed by atoms with Crippen LogP contribution < -0.4 is 15.2 Å². The molecule has 3 rings (SSSR count). The van der Waals surface area contributed by atoms with Gasteiger partial charge in [0.05, 0.1) is 6.04 Å². The molecule has 0 aliphatic carbocycles. The molecular formula is C19H20N2O5. The summed E-state index contributed by atoms with van der Waals surface area (Å²) in [5.41, 5.74) is 6.52. The first-order valence-electron chi connectivity index (χ1n) is 8.15. The van der Waals surface area contributed by atoms with Gasteiger partial charge in [-0.1, -0.05) is 30.3 Å². The molecule has 0 saturated carbocycles. The van der Waals surface area contributed by atoms with Crippen molar-refractivity contribution in [3.05, 3.63) is 59.7 Å². The number of hydrogen-bond donors (Lipinski definition) is 2. The smallest absolute Gasteiger partial charge is 0.254 e. The van der Waals surface area contributed by atoms with Crippen molar-refractivity contribution in [1.29, 1.82) is 0 Å². The molecule has 2 amide bonds. The van der Waals surface area contributed by atoms with Crippen molar-refractivity contribution in [1.82, 2.24) is 4.90 Å². The van der Waals surface area contributed by atoms with Crippen LogP contribution in [-0.4, -0.2) is 47.8 Å². The molecule has 0 fully saturated rings. The van der Waals surface area contributed by atoms with Gasteiger partial charge in [0.1, 0.15) is 0 Å². The summed E-state index contributed by atoms with van der Waals surface area (Å²) in [4.78, 5) is 25.7. The first kappa shape index (κ1) is 17.8. The van der Waals surface area contributed by atoms with Crippen molar-refractivity contribution in [3.8, 4) is 11.5 Å². The van der Waals surface area contributed by atoms with Crippen LogP contribution in [0.5, 0.6) is 11.5 Å². The highest BCUT2D eigenvalue weighted by molar-refractivity contribution is 5.95. The number of ether oxygens (including phenoxy) is 2. The molecule has 1 aliphatic rings. The van der Waals surface area contributed by atoms with Gasteiger partial charge in [0.15, 0.2) is 17.6 Å². The van der Waals surface area contributed by atoms with Crippen LogP contribution in [0.4, 0.5) is 0 Å². The van der Waals surface area contributed by atoms with E-state index in [2.05, 4.69) is 0 Å². The van der Waals surface area contributed by atoms with Crippen LogP contribution in [0.15, 0.2) is 48.5 Å². The van der Waals surface area contributed by atoms with Gasteiger partial charge in [0, 0.05) is 12.6 Å². The number of amides is 2. The van der Waals surface area contributed by atoms with Crippen LogP contribution in [0.3, 0.4) is 0 Å². The molecule has 2 aromatic carbocycles. The van der Waals surface area contributed by atoms with Crippen molar-refractivity contribution in [2.45, 2.75) is 18.6 Å². The zero-order valence-corrected chi connectivity index (χ0v) is 14.3. The zero-order chi connectivity index (χ0) is 18.7. The van der Waals surface area contributed by atoms with E-state index in [4.69, 9.17) is 15.2 Å². The van der Waals surface area contributed by atoms with Gasteiger partial charge in [-0.25, -0.2) is 0 Å². The molecule has 2 atom stereocenters. The summed E-state index contributed by atoms with van der Waals surface area (Å²) in [6.07, 6.45) is -1.20. The number of aliphatic hydroxyl groups is 1. The van der Waals surface area contributed by atoms with E-state index in [1.54, 1.807) is 18.2 Å². The molecule has 7 heteroatoms. The molecule has 7 nitrogen and oxygen atoms in total. The summed E-state index contributed by atoms with van der Waals surface area (Å²) in [5, 5.41) is 10.3. The molecule has 0 radical (unpaired) electrons. The van der Waals surface area contributed by atoms with E-state index in [9.17, 15) is 14.7 Å². The average Bonchev–Trinajstić information content (AvgIpc) is 3.13. The van der Waals surface area contributed by atoms with Crippen molar-refractivity contribution in [2.75, 3.05) is 13.8 Å². The van der Waals surface area contributed by atoms with Crippen LogP contribution in [0.2, 0.25) is 0 Å². The number of carbonyl (C=O) groups excluding carboxylic acids is 2. The first-order chi connectivity index (χ1) is 12.5. The lowest BCUT2D eigenvalue weighted by molar-refractivity contribution is -0.128. The zero-order valence-electron chi connectivity index (χ0n) is 14.3. The Morgan fingerprint density at radius 3 is 2.54 bits per heavy atom. The maximum Gasteiger partial charge on any atom is 0.254 e. The minimum Gasteiger partial charge on any atom is -0.454 e. The highest BCUT2D eigenvalue weighted by Crippen LogP contribution is 2.33. The molecule has 2 aromatic rings. The van der Waals surface area contributed by atoms with Crippen LogP contribution in [0, 0.1) is 0 Å². The van der Waals surface area contributed by atoms with Gasteiger partial charge in [-0.15, -0.1) is 0 Å². The van der Waals surface area contributed by atoms with Gasteiger partial charge < -0.3 is 25.2 Å². The first-order valence-corrected chi connectivity index (χ1v) is 8.15. The molecule has 26 heavy (non-hydrogen) atoms. The molecule has 3 N–H and O–H groups in total. The Labute approximate surface area is 150 Å². The van der Waals surface area contributed by atoms with E-state index in [1.165, 1.54) is 11.9 Å². The van der Waals surface area contributed by atoms with Crippen LogP contribution in [0.1, 0.15) is 15.9 Å². The Morgan fingerprint density at radius 2 is 1.85 bits per heavy atom. The van der Waals surface area contributed by atoms with E-state index < -0.39 is 18.1 Å². The Kier molecular flexibility index (Phi) is 5.09. The standard InChI is InChI=1S/C19H20N2O5/c1-21(19(24)13-7-8-15-16(10-13)26-11-25-15)14(17(22)18(20)23)9-12-5-3-2-4-6-12/h2-8,10,14,17,22H,9,11H2,1H3,(H2,20,23)/t14-,17+/m0/s1. The lowest BCUT2D eigenvalue weighted by atomic mass is 9.98. The van der Waals surface area contributed by atoms with Gasteiger partial charge in [0.25, 0.3) is 5.91 Å². The molecule has 1 aliphatic heterocycles. The number of nitrogens with two attached hydrogens (primary N) is 1. The van der Waals surface area contributed by atoms with Crippen LogP contribution in [-0.2, 0) is 11.2 Å². The number of aliphatic hydroxyl groups excluding tert-OH is 1. The molecule has 0 spiro atoms. The number of nitrogens with zero attached hydrogens (tertiary/aromatic N) is 1. The molecule has 0 bridgehead atoms. The normalized spacial score (nSPS) is 14.5. The molecule has 1 heterocycles. The third kappa shape index (κ3) is 3.62. The van der Waals surface area contributed by atoms with E-state index >= 15 is 0 Å². The van der Waals surface area contributed by atoms with Gasteiger partial charge >= 0.3 is 0 Å². The summed E-state index contributed by atoms with van der Waals surface area (Å²) >= 11 is 0. The SMILES string of the molecule is CN(C(=O)c1ccc2c(c1)OCO2)[C@@H](Cc1ccccc1)[C@@H](O)C(N)=O. The van der Waals surface area contributed by atoms with Crippen molar-refractivity contribution >= 4 is 11.8 Å². The van der Waals surface area contributed by atoms with Crippen LogP contribution in [0.25, 0.3) is 0 Å². The van der Waals surface area contributed by atoms with E-state index in [0.29, 0.717) is 17.1 Å². The van der Waals surface area contributed by atoms with Gasteiger partial charge in [-0.2, -0.15) is 0 Å². The largest absolute Gasteiger partial charge is 0.454 e. The second-order valence-electron chi connectivity index (χ2n) is 6.09. The lowest BCUT2D eigenvalue weighted by Crippen LogP contribution is -2.51. The number of benzene rings is 2. The fraction of sp³-hybridized carbons (Fsp3) is 0.263. The average molecular weight is 356 g/mol. The minimum atomic E-state index is -1.49. The summed E-state index contributed by atoms with van der Waals surface area (Å²) in [7, 11) is 1.53. The highest BCUT2D eigenvalue weighted by Gasteiger charge is 2.32. The molecule has 0 saturated heterocycles. The molecule has 0 unspecified atom stereocenters. The van der Waals surface area contributed by atoms with Crippen molar-refractivity contribution in [3.63, 3.8) is 0 Å². The second kappa shape index (κ2) is 7.45. The monoisotopic (exact) mass is 356 g/mol. The number of likely N-dealkylation sites (N-methyl/N-ethyl adjacent to an activating group) is 1. The van der Waals surface area contributed by atoms with Crippen LogP contribution >= 0.6 is 0 Å².